The molecule has 0 saturated carbocycles. The van der Waals surface area contributed by atoms with Crippen molar-refractivity contribution in [1.82, 2.24) is 19.9 Å². The molecule has 3 rings (SSSR count). The number of aromatic nitrogens is 2. The van der Waals surface area contributed by atoms with Gasteiger partial charge in [-0.25, -0.2) is 0 Å². The number of nitrogens with two attached hydrogens (primary N) is 1. The molecule has 0 unspecified atom stereocenters. The Bertz CT molecular complexity index is 684. The van der Waals surface area contributed by atoms with E-state index in [0.29, 0.717) is 11.7 Å². The molecule has 7 nitrogen and oxygen atoms in total. The fourth-order valence-electron chi connectivity index (χ4n) is 2.90. The van der Waals surface area contributed by atoms with E-state index in [1.807, 2.05) is 22.4 Å². The number of hydrogen-bond donors (Lipinski definition) is 1. The molecule has 0 radical (unpaired) electrons. The van der Waals surface area contributed by atoms with Gasteiger partial charge in [0.05, 0.1) is 10.4 Å². The van der Waals surface area contributed by atoms with E-state index in [1.165, 1.54) is 0 Å². The fourth-order valence-corrected chi connectivity index (χ4v) is 3.55. The molecule has 25 heavy (non-hydrogen) atoms. The molecule has 1 saturated heterocycles. The van der Waals surface area contributed by atoms with Crippen LogP contribution in [0.15, 0.2) is 22.0 Å². The molecule has 3 heterocycles. The van der Waals surface area contributed by atoms with Gasteiger partial charge in [0.1, 0.15) is 0 Å². The molecule has 2 aromatic heterocycles. The van der Waals surface area contributed by atoms with Crippen LogP contribution in [0, 0.1) is 0 Å². The minimum absolute atomic E-state index is 0.0270. The Labute approximate surface area is 151 Å². The van der Waals surface area contributed by atoms with Gasteiger partial charge in [0.15, 0.2) is 0 Å². The monoisotopic (exact) mass is 363 g/mol. The van der Waals surface area contributed by atoms with Crippen molar-refractivity contribution < 1.29 is 9.32 Å². The van der Waals surface area contributed by atoms with E-state index in [4.69, 9.17) is 10.3 Å². The summed E-state index contributed by atoms with van der Waals surface area (Å²) < 4.78 is 5.32. The molecule has 8 heteroatoms. The Morgan fingerprint density at radius 3 is 2.76 bits per heavy atom. The highest BCUT2D eigenvalue weighted by atomic mass is 32.1. The standard InChI is InChI=1S/C17H25N5O2S/c1-17(2,18)16(23)22-10-8-21(9-11-22)7-3-6-14-19-15(20-24-14)13-5-4-12-25-13/h4-5,12H,3,6-11,18H2,1-2H3. The van der Waals surface area contributed by atoms with Crippen LogP contribution in [0.4, 0.5) is 0 Å². The van der Waals surface area contributed by atoms with Crippen LogP contribution in [-0.4, -0.2) is 64.1 Å². The van der Waals surface area contributed by atoms with Crippen LogP contribution in [-0.2, 0) is 11.2 Å². The van der Waals surface area contributed by atoms with Gasteiger partial charge in [-0.15, -0.1) is 11.3 Å². The molecule has 136 valence electrons. The minimum atomic E-state index is -0.791. The number of piperazine rings is 1. The molecule has 0 spiro atoms. The first-order chi connectivity index (χ1) is 11.9. The molecule has 0 aromatic carbocycles. The third-order valence-corrected chi connectivity index (χ3v) is 5.15. The second-order valence-corrected chi connectivity index (χ2v) is 7.90. The van der Waals surface area contributed by atoms with Crippen LogP contribution >= 0.6 is 11.3 Å². The smallest absolute Gasteiger partial charge is 0.242 e. The minimum Gasteiger partial charge on any atom is -0.339 e. The van der Waals surface area contributed by atoms with Gasteiger partial charge in [0.25, 0.3) is 0 Å². The van der Waals surface area contributed by atoms with Crippen LogP contribution in [0.3, 0.4) is 0 Å². The van der Waals surface area contributed by atoms with E-state index in [-0.39, 0.29) is 5.91 Å². The van der Waals surface area contributed by atoms with Crippen molar-refractivity contribution in [3.63, 3.8) is 0 Å². The highest BCUT2D eigenvalue weighted by molar-refractivity contribution is 7.13. The zero-order valence-electron chi connectivity index (χ0n) is 14.8. The first-order valence-corrected chi connectivity index (χ1v) is 9.48. The fraction of sp³-hybridized carbons (Fsp3) is 0.588. The van der Waals surface area contributed by atoms with Crippen molar-refractivity contribution in [1.29, 1.82) is 0 Å². The summed E-state index contributed by atoms with van der Waals surface area (Å²) >= 11 is 1.61. The van der Waals surface area contributed by atoms with Gasteiger partial charge >= 0.3 is 0 Å². The molecule has 1 aliphatic rings. The lowest BCUT2D eigenvalue weighted by atomic mass is 10.0. The van der Waals surface area contributed by atoms with E-state index in [9.17, 15) is 4.79 Å². The number of nitrogens with zero attached hydrogens (tertiary/aromatic N) is 4. The van der Waals surface area contributed by atoms with Crippen LogP contribution in [0.1, 0.15) is 26.2 Å². The van der Waals surface area contributed by atoms with Crippen LogP contribution in [0.25, 0.3) is 10.7 Å². The summed E-state index contributed by atoms with van der Waals surface area (Å²) in [7, 11) is 0. The van der Waals surface area contributed by atoms with Crippen molar-refractivity contribution in [3.8, 4) is 10.7 Å². The lowest BCUT2D eigenvalue weighted by Crippen LogP contribution is -2.57. The Balaban J connectivity index is 1.40. The number of carbonyl (C=O) groups excluding carboxylic acids is 1. The number of thiophene rings is 1. The van der Waals surface area contributed by atoms with E-state index in [1.54, 1.807) is 25.2 Å². The maximum absolute atomic E-state index is 12.2. The van der Waals surface area contributed by atoms with Crippen molar-refractivity contribution in [2.75, 3.05) is 32.7 Å². The van der Waals surface area contributed by atoms with Crippen LogP contribution < -0.4 is 5.73 Å². The molecule has 0 aliphatic carbocycles. The average molecular weight is 363 g/mol. The first kappa shape index (κ1) is 18.0. The number of rotatable bonds is 6. The SMILES string of the molecule is CC(C)(N)C(=O)N1CCN(CCCc2nc(-c3cccs3)no2)CC1. The number of amides is 1. The molecule has 1 amide bonds. The summed E-state index contributed by atoms with van der Waals surface area (Å²) in [5.74, 6) is 1.38. The zero-order chi connectivity index (χ0) is 17.9. The van der Waals surface area contributed by atoms with Crippen molar-refractivity contribution >= 4 is 17.2 Å². The summed E-state index contributed by atoms with van der Waals surface area (Å²) in [6.07, 6.45) is 1.73. The van der Waals surface area contributed by atoms with Gasteiger partial charge in [-0.1, -0.05) is 11.2 Å². The number of aryl methyl sites for hydroxylation is 1. The van der Waals surface area contributed by atoms with Crippen molar-refractivity contribution in [3.05, 3.63) is 23.4 Å². The molecule has 1 fully saturated rings. The molecule has 2 N–H and O–H groups in total. The molecule has 0 atom stereocenters. The average Bonchev–Trinajstić information content (AvgIpc) is 3.25. The Hall–Kier alpha value is -1.77. The third-order valence-electron chi connectivity index (χ3n) is 4.29. The Kier molecular flexibility index (Phi) is 5.51. The number of hydrogen-bond acceptors (Lipinski definition) is 7. The van der Waals surface area contributed by atoms with Gasteiger partial charge in [0, 0.05) is 32.6 Å². The quantitative estimate of drug-likeness (QED) is 0.839. The van der Waals surface area contributed by atoms with E-state index < -0.39 is 5.54 Å². The lowest BCUT2D eigenvalue weighted by molar-refractivity contribution is -0.137. The maximum atomic E-state index is 12.2. The molecule has 2 aromatic rings. The second-order valence-electron chi connectivity index (χ2n) is 6.95. The summed E-state index contributed by atoms with van der Waals surface area (Å²) in [6.45, 7) is 7.72. The predicted molar refractivity (Wildman–Crippen MR) is 97.2 cm³/mol. The summed E-state index contributed by atoms with van der Waals surface area (Å²) in [5.41, 5.74) is 5.11. The predicted octanol–water partition coefficient (Wildman–Crippen LogP) is 1.61. The topological polar surface area (TPSA) is 88.5 Å². The van der Waals surface area contributed by atoms with Gasteiger partial charge in [-0.3, -0.25) is 9.69 Å². The lowest BCUT2D eigenvalue weighted by Gasteiger charge is -2.37. The zero-order valence-corrected chi connectivity index (χ0v) is 15.6. The van der Waals surface area contributed by atoms with Gasteiger partial charge in [0.2, 0.25) is 17.6 Å². The second kappa shape index (κ2) is 7.63. The molecule has 0 bridgehead atoms. The van der Waals surface area contributed by atoms with E-state index in [0.717, 1.165) is 50.4 Å². The largest absolute Gasteiger partial charge is 0.339 e. The Morgan fingerprint density at radius 2 is 2.12 bits per heavy atom. The van der Waals surface area contributed by atoms with Gasteiger partial charge in [-0.05, 0) is 38.3 Å². The Morgan fingerprint density at radius 1 is 1.36 bits per heavy atom. The number of carbonyl (C=O) groups is 1. The van der Waals surface area contributed by atoms with E-state index >= 15 is 0 Å². The van der Waals surface area contributed by atoms with Gasteiger partial charge in [-0.2, -0.15) is 4.98 Å². The van der Waals surface area contributed by atoms with Crippen LogP contribution in [0.5, 0.6) is 0 Å². The van der Waals surface area contributed by atoms with Crippen molar-refractivity contribution in [2.24, 2.45) is 5.73 Å². The summed E-state index contributed by atoms with van der Waals surface area (Å²) in [6, 6.07) is 3.97. The summed E-state index contributed by atoms with van der Waals surface area (Å²) in [5, 5.41) is 6.03. The molecule has 1 aliphatic heterocycles. The highest BCUT2D eigenvalue weighted by Crippen LogP contribution is 2.21. The highest BCUT2D eigenvalue weighted by Gasteiger charge is 2.30. The van der Waals surface area contributed by atoms with Gasteiger partial charge < -0.3 is 15.2 Å². The van der Waals surface area contributed by atoms with E-state index in [2.05, 4.69) is 15.0 Å². The summed E-state index contributed by atoms with van der Waals surface area (Å²) in [4.78, 5) is 21.9. The normalized spacial score (nSPS) is 16.4. The third kappa shape index (κ3) is 4.65. The molecular weight excluding hydrogens is 338 g/mol. The van der Waals surface area contributed by atoms with Crippen molar-refractivity contribution in [2.45, 2.75) is 32.2 Å². The van der Waals surface area contributed by atoms with Crippen LogP contribution in [0.2, 0.25) is 0 Å². The maximum Gasteiger partial charge on any atom is 0.242 e. The first-order valence-electron chi connectivity index (χ1n) is 8.60. The molecular formula is C17H25N5O2S.